The van der Waals surface area contributed by atoms with E-state index in [1.165, 1.54) is 0 Å². The average Bonchev–Trinajstić information content (AvgIpc) is 2.30. The number of benzene rings is 1. The van der Waals surface area contributed by atoms with Crippen LogP contribution < -0.4 is 5.32 Å². The monoisotopic (exact) mass is 200 g/mol. The molecule has 0 radical (unpaired) electrons. The molecule has 0 saturated carbocycles. The molecule has 3 heteroatoms. The largest absolute Gasteiger partial charge is 0.348 e. The van der Waals surface area contributed by atoms with Crippen molar-refractivity contribution in [3.63, 3.8) is 0 Å². The minimum atomic E-state index is -0.468. The van der Waals surface area contributed by atoms with Crippen LogP contribution in [0, 0.1) is 17.2 Å². The molecule has 15 heavy (non-hydrogen) atoms. The second-order valence-corrected chi connectivity index (χ2v) is 3.73. The fourth-order valence-electron chi connectivity index (χ4n) is 1.87. The van der Waals surface area contributed by atoms with Gasteiger partial charge in [0.1, 0.15) is 5.92 Å². The first-order valence-corrected chi connectivity index (χ1v) is 5.06. The highest BCUT2D eigenvalue weighted by atomic mass is 16.2. The van der Waals surface area contributed by atoms with Crippen molar-refractivity contribution in [2.24, 2.45) is 5.92 Å². The molecule has 0 bridgehead atoms. The van der Waals surface area contributed by atoms with Gasteiger partial charge in [-0.3, -0.25) is 4.79 Å². The van der Waals surface area contributed by atoms with E-state index >= 15 is 0 Å². The lowest BCUT2D eigenvalue weighted by Gasteiger charge is -2.26. The maximum absolute atomic E-state index is 11.5. The third-order valence-corrected chi connectivity index (χ3v) is 2.73. The summed E-state index contributed by atoms with van der Waals surface area (Å²) >= 11 is 0. The summed E-state index contributed by atoms with van der Waals surface area (Å²) in [7, 11) is 0. The molecule has 1 amide bonds. The van der Waals surface area contributed by atoms with Crippen LogP contribution in [-0.2, 0) is 4.79 Å². The number of hydrogen-bond donors (Lipinski definition) is 1. The van der Waals surface area contributed by atoms with Crippen LogP contribution in [0.2, 0.25) is 0 Å². The first kappa shape index (κ1) is 9.72. The normalized spacial score (nSPS) is 25.4. The number of nitrogens with zero attached hydrogens (tertiary/aromatic N) is 1. The van der Waals surface area contributed by atoms with E-state index in [4.69, 9.17) is 5.26 Å². The van der Waals surface area contributed by atoms with Gasteiger partial charge in [-0.15, -0.1) is 0 Å². The van der Waals surface area contributed by atoms with Crippen LogP contribution in [0.15, 0.2) is 30.3 Å². The van der Waals surface area contributed by atoms with Gasteiger partial charge in [-0.05, 0) is 18.4 Å². The molecular formula is C12H12N2O. The van der Waals surface area contributed by atoms with Gasteiger partial charge >= 0.3 is 0 Å². The van der Waals surface area contributed by atoms with Crippen LogP contribution in [0.25, 0.3) is 0 Å². The van der Waals surface area contributed by atoms with Crippen molar-refractivity contribution in [1.82, 2.24) is 5.32 Å². The number of hydrogen-bond acceptors (Lipinski definition) is 2. The lowest BCUT2D eigenvalue weighted by atomic mass is 9.91. The number of amides is 1. The van der Waals surface area contributed by atoms with Gasteiger partial charge in [0.15, 0.2) is 0 Å². The number of nitriles is 1. The molecule has 1 aromatic rings. The molecule has 0 aromatic heterocycles. The molecule has 0 aliphatic carbocycles. The molecule has 1 aliphatic rings. The average molecular weight is 200 g/mol. The zero-order valence-electron chi connectivity index (χ0n) is 8.31. The van der Waals surface area contributed by atoms with Crippen LogP contribution >= 0.6 is 0 Å². The van der Waals surface area contributed by atoms with Crippen LogP contribution in [0.4, 0.5) is 0 Å². The van der Waals surface area contributed by atoms with Crippen molar-refractivity contribution in [3.8, 4) is 6.07 Å². The van der Waals surface area contributed by atoms with Gasteiger partial charge < -0.3 is 5.32 Å². The van der Waals surface area contributed by atoms with Gasteiger partial charge in [0.2, 0.25) is 5.91 Å². The van der Waals surface area contributed by atoms with Gasteiger partial charge in [-0.25, -0.2) is 0 Å². The number of carbonyl (C=O) groups is 1. The zero-order chi connectivity index (χ0) is 10.7. The Bertz CT molecular complexity index is 394. The Labute approximate surface area is 88.7 Å². The number of rotatable bonds is 1. The predicted molar refractivity (Wildman–Crippen MR) is 55.7 cm³/mol. The summed E-state index contributed by atoms with van der Waals surface area (Å²) < 4.78 is 0. The maximum Gasteiger partial charge on any atom is 0.237 e. The van der Waals surface area contributed by atoms with E-state index in [0.29, 0.717) is 6.42 Å². The standard InChI is InChI=1S/C12H12N2O/c13-8-10-6-7-11(14-12(10)15)9-4-2-1-3-5-9/h1-5,10-11H,6-7H2,(H,14,15). The number of carbonyl (C=O) groups excluding carboxylic acids is 1. The molecule has 0 spiro atoms. The molecule has 1 N–H and O–H groups in total. The highest BCUT2D eigenvalue weighted by Gasteiger charge is 2.28. The van der Waals surface area contributed by atoms with E-state index in [-0.39, 0.29) is 11.9 Å². The van der Waals surface area contributed by atoms with Crippen molar-refractivity contribution < 1.29 is 4.79 Å². The Hall–Kier alpha value is -1.82. The summed E-state index contributed by atoms with van der Waals surface area (Å²) in [5.41, 5.74) is 1.11. The molecule has 1 aromatic carbocycles. The second-order valence-electron chi connectivity index (χ2n) is 3.73. The third kappa shape index (κ3) is 1.99. The van der Waals surface area contributed by atoms with E-state index in [2.05, 4.69) is 5.32 Å². The van der Waals surface area contributed by atoms with Crippen LogP contribution in [-0.4, -0.2) is 5.91 Å². The van der Waals surface area contributed by atoms with Gasteiger partial charge in [0.05, 0.1) is 12.1 Å². The lowest BCUT2D eigenvalue weighted by molar-refractivity contribution is -0.126. The summed E-state index contributed by atoms with van der Waals surface area (Å²) in [4.78, 5) is 11.5. The topological polar surface area (TPSA) is 52.9 Å². The van der Waals surface area contributed by atoms with Gasteiger partial charge in [0, 0.05) is 0 Å². The number of piperidine rings is 1. The summed E-state index contributed by atoms with van der Waals surface area (Å²) in [5.74, 6) is -0.609. The van der Waals surface area contributed by atoms with Crippen molar-refractivity contribution in [2.75, 3.05) is 0 Å². The summed E-state index contributed by atoms with van der Waals surface area (Å²) in [5, 5.41) is 11.6. The van der Waals surface area contributed by atoms with E-state index in [1.54, 1.807) is 0 Å². The van der Waals surface area contributed by atoms with E-state index in [9.17, 15) is 4.79 Å². The van der Waals surface area contributed by atoms with Crippen LogP contribution in [0.3, 0.4) is 0 Å². The quantitative estimate of drug-likeness (QED) is 0.751. The Morgan fingerprint density at radius 2 is 2.00 bits per heavy atom. The highest BCUT2D eigenvalue weighted by Crippen LogP contribution is 2.25. The molecule has 2 atom stereocenters. The molecule has 76 valence electrons. The van der Waals surface area contributed by atoms with Crippen molar-refractivity contribution >= 4 is 5.91 Å². The van der Waals surface area contributed by atoms with E-state index in [0.717, 1.165) is 12.0 Å². The van der Waals surface area contributed by atoms with E-state index in [1.807, 2.05) is 36.4 Å². The molecule has 2 unspecified atom stereocenters. The Kier molecular flexibility index (Phi) is 2.68. The minimum Gasteiger partial charge on any atom is -0.348 e. The van der Waals surface area contributed by atoms with Crippen molar-refractivity contribution in [1.29, 1.82) is 5.26 Å². The molecule has 1 heterocycles. The van der Waals surface area contributed by atoms with Crippen molar-refractivity contribution in [3.05, 3.63) is 35.9 Å². The minimum absolute atomic E-state index is 0.0725. The van der Waals surface area contributed by atoms with E-state index < -0.39 is 5.92 Å². The molecule has 1 saturated heterocycles. The Morgan fingerprint density at radius 1 is 1.27 bits per heavy atom. The number of nitrogens with one attached hydrogen (secondary N) is 1. The van der Waals surface area contributed by atoms with Gasteiger partial charge in [-0.2, -0.15) is 5.26 Å². The maximum atomic E-state index is 11.5. The summed E-state index contributed by atoms with van der Waals surface area (Å²) in [6, 6.07) is 11.9. The predicted octanol–water partition coefficient (Wildman–Crippen LogP) is 1.78. The SMILES string of the molecule is N#CC1CCC(c2ccccc2)NC1=O. The molecule has 1 aliphatic heterocycles. The first-order valence-electron chi connectivity index (χ1n) is 5.06. The smallest absolute Gasteiger partial charge is 0.237 e. The lowest BCUT2D eigenvalue weighted by Crippen LogP contribution is -2.38. The van der Waals surface area contributed by atoms with Crippen LogP contribution in [0.1, 0.15) is 24.4 Å². The highest BCUT2D eigenvalue weighted by molar-refractivity contribution is 5.82. The molecular weight excluding hydrogens is 188 g/mol. The molecule has 2 rings (SSSR count). The van der Waals surface area contributed by atoms with Crippen molar-refractivity contribution in [2.45, 2.75) is 18.9 Å². The fraction of sp³-hybridized carbons (Fsp3) is 0.333. The van der Waals surface area contributed by atoms with Gasteiger partial charge in [0.25, 0.3) is 0 Å². The zero-order valence-corrected chi connectivity index (χ0v) is 8.31. The van der Waals surface area contributed by atoms with Gasteiger partial charge in [-0.1, -0.05) is 30.3 Å². The summed E-state index contributed by atoms with van der Waals surface area (Å²) in [6.07, 6.45) is 1.50. The fourth-order valence-corrected chi connectivity index (χ4v) is 1.87. The summed E-state index contributed by atoms with van der Waals surface area (Å²) in [6.45, 7) is 0. The third-order valence-electron chi connectivity index (χ3n) is 2.73. The Morgan fingerprint density at radius 3 is 2.60 bits per heavy atom. The second kappa shape index (κ2) is 4.14. The Balaban J connectivity index is 2.10. The van der Waals surface area contributed by atoms with Crippen LogP contribution in [0.5, 0.6) is 0 Å². The molecule has 1 fully saturated rings. The first-order chi connectivity index (χ1) is 7.31. The molecule has 3 nitrogen and oxygen atoms in total.